The quantitative estimate of drug-likeness (QED) is 0.678. The average Bonchev–Trinajstić information content (AvgIpc) is 2.69. The van der Waals surface area contributed by atoms with Crippen molar-refractivity contribution >= 4 is 39.1 Å². The van der Waals surface area contributed by atoms with Gasteiger partial charge in [0.1, 0.15) is 5.15 Å². The Labute approximate surface area is 175 Å². The normalized spacial score (nSPS) is 15.8. The Morgan fingerprint density at radius 1 is 1.07 bits per heavy atom. The molecule has 0 N–H and O–H groups in total. The van der Waals surface area contributed by atoms with Gasteiger partial charge in [-0.15, -0.1) is 0 Å². The summed E-state index contributed by atoms with van der Waals surface area (Å²) in [6.07, 6.45) is 1.37. The molecule has 0 aliphatic carbocycles. The molecule has 0 radical (unpaired) electrons. The van der Waals surface area contributed by atoms with Crippen molar-refractivity contribution in [2.24, 2.45) is 0 Å². The van der Waals surface area contributed by atoms with Crippen molar-refractivity contribution in [1.29, 1.82) is 0 Å². The van der Waals surface area contributed by atoms with Gasteiger partial charge in [-0.3, -0.25) is 4.79 Å². The maximum absolute atomic E-state index is 12.9. The lowest BCUT2D eigenvalue weighted by Crippen LogP contribution is -2.50. The first-order valence-electron chi connectivity index (χ1n) is 8.90. The van der Waals surface area contributed by atoms with Crippen molar-refractivity contribution < 1.29 is 13.2 Å². The molecule has 1 aliphatic heterocycles. The number of hydrogen-bond donors (Lipinski definition) is 0. The zero-order chi connectivity index (χ0) is 20.5. The molecule has 6 nitrogen and oxygen atoms in total. The van der Waals surface area contributed by atoms with E-state index in [0.717, 1.165) is 5.56 Å². The van der Waals surface area contributed by atoms with E-state index in [1.54, 1.807) is 17.0 Å². The van der Waals surface area contributed by atoms with Gasteiger partial charge in [0, 0.05) is 32.4 Å². The molecule has 0 saturated carbocycles. The highest BCUT2D eigenvalue weighted by molar-refractivity contribution is 7.89. The van der Waals surface area contributed by atoms with Crippen LogP contribution >= 0.6 is 23.2 Å². The molecule has 1 aromatic carbocycles. The monoisotopic (exact) mass is 441 g/mol. The second kappa shape index (κ2) is 8.37. The number of nitrogens with zero attached hydrogens (tertiary/aromatic N) is 3. The van der Waals surface area contributed by atoms with Crippen LogP contribution in [0.25, 0.3) is 0 Å². The number of benzene rings is 1. The number of piperazine rings is 1. The lowest BCUT2D eigenvalue weighted by molar-refractivity contribution is 0.0697. The molecular weight excluding hydrogens is 421 g/mol. The summed E-state index contributed by atoms with van der Waals surface area (Å²) in [5, 5.41) is 0.344. The Morgan fingerprint density at radius 3 is 2.21 bits per heavy atom. The highest BCUT2D eigenvalue weighted by Gasteiger charge is 2.30. The predicted molar refractivity (Wildman–Crippen MR) is 109 cm³/mol. The van der Waals surface area contributed by atoms with E-state index in [4.69, 9.17) is 23.2 Å². The topological polar surface area (TPSA) is 70.6 Å². The molecular formula is C19H21Cl2N3O3S. The van der Waals surface area contributed by atoms with Crippen molar-refractivity contribution in [1.82, 2.24) is 14.2 Å². The van der Waals surface area contributed by atoms with Crippen LogP contribution in [0, 0.1) is 0 Å². The van der Waals surface area contributed by atoms with Gasteiger partial charge in [0.05, 0.1) is 15.5 Å². The third-order valence-corrected chi connectivity index (χ3v) is 7.35. The van der Waals surface area contributed by atoms with E-state index in [2.05, 4.69) is 18.8 Å². The second-order valence-electron chi connectivity index (χ2n) is 6.92. The molecule has 2 heterocycles. The summed E-state index contributed by atoms with van der Waals surface area (Å²) in [5.74, 6) is 0.0894. The molecule has 0 atom stereocenters. The van der Waals surface area contributed by atoms with Crippen LogP contribution in [-0.2, 0) is 10.0 Å². The molecule has 9 heteroatoms. The van der Waals surface area contributed by atoms with Gasteiger partial charge >= 0.3 is 0 Å². The SMILES string of the molecule is CC(C)c1ccc(S(=O)(=O)N2CCN(C(=O)c3cnc(Cl)c(Cl)c3)CC2)cc1. The Bertz CT molecular complexity index is 970. The molecule has 0 unspecified atom stereocenters. The molecule has 1 amide bonds. The maximum atomic E-state index is 12.9. The van der Waals surface area contributed by atoms with Crippen LogP contribution in [0.5, 0.6) is 0 Å². The third kappa shape index (κ3) is 4.33. The Hall–Kier alpha value is -1.67. The molecule has 1 saturated heterocycles. The van der Waals surface area contributed by atoms with Crippen LogP contribution in [0.1, 0.15) is 35.7 Å². The number of halogens is 2. The number of carbonyl (C=O) groups excluding carboxylic acids is 1. The van der Waals surface area contributed by atoms with Crippen molar-refractivity contribution in [2.75, 3.05) is 26.2 Å². The van der Waals surface area contributed by atoms with Gasteiger partial charge < -0.3 is 4.90 Å². The minimum atomic E-state index is -3.59. The molecule has 0 bridgehead atoms. The first-order valence-corrected chi connectivity index (χ1v) is 11.1. The van der Waals surface area contributed by atoms with E-state index in [9.17, 15) is 13.2 Å². The summed E-state index contributed by atoms with van der Waals surface area (Å²) in [4.78, 5) is 18.4. The molecule has 0 spiro atoms. The highest BCUT2D eigenvalue weighted by atomic mass is 35.5. The van der Waals surface area contributed by atoms with Crippen LogP contribution in [0.3, 0.4) is 0 Å². The van der Waals surface area contributed by atoms with Gasteiger partial charge in [-0.1, -0.05) is 49.2 Å². The number of carbonyl (C=O) groups is 1. The summed E-state index contributed by atoms with van der Waals surface area (Å²) in [6.45, 7) is 5.17. The Balaban J connectivity index is 1.68. The number of rotatable bonds is 4. The minimum Gasteiger partial charge on any atom is -0.336 e. The summed E-state index contributed by atoms with van der Waals surface area (Å²) in [7, 11) is -3.59. The summed E-state index contributed by atoms with van der Waals surface area (Å²) >= 11 is 11.7. The number of aromatic nitrogens is 1. The highest BCUT2D eigenvalue weighted by Crippen LogP contribution is 2.23. The minimum absolute atomic E-state index is 0.137. The molecule has 2 aromatic rings. The summed E-state index contributed by atoms with van der Waals surface area (Å²) in [6, 6.07) is 8.44. The van der Waals surface area contributed by atoms with E-state index in [1.165, 1.54) is 16.6 Å². The van der Waals surface area contributed by atoms with E-state index >= 15 is 0 Å². The molecule has 1 aliphatic rings. The van der Waals surface area contributed by atoms with Gasteiger partial charge in [0.15, 0.2) is 0 Å². The van der Waals surface area contributed by atoms with Crippen LogP contribution in [0.2, 0.25) is 10.2 Å². The van der Waals surface area contributed by atoms with Crippen molar-refractivity contribution in [3.05, 3.63) is 57.8 Å². The van der Waals surface area contributed by atoms with Gasteiger partial charge in [0.2, 0.25) is 10.0 Å². The van der Waals surface area contributed by atoms with Crippen molar-refractivity contribution in [3.8, 4) is 0 Å². The Morgan fingerprint density at radius 2 is 1.68 bits per heavy atom. The van der Waals surface area contributed by atoms with Crippen LogP contribution in [0.15, 0.2) is 41.4 Å². The van der Waals surface area contributed by atoms with Crippen LogP contribution in [0.4, 0.5) is 0 Å². The van der Waals surface area contributed by atoms with Crippen molar-refractivity contribution in [3.63, 3.8) is 0 Å². The van der Waals surface area contributed by atoms with Gasteiger partial charge in [0.25, 0.3) is 5.91 Å². The van der Waals surface area contributed by atoms with E-state index in [0.29, 0.717) is 24.6 Å². The second-order valence-corrected chi connectivity index (χ2v) is 9.62. The largest absolute Gasteiger partial charge is 0.336 e. The molecule has 3 rings (SSSR count). The number of pyridine rings is 1. The first kappa shape index (κ1) is 21.0. The van der Waals surface area contributed by atoms with Crippen LogP contribution < -0.4 is 0 Å². The summed E-state index contributed by atoms with van der Waals surface area (Å²) in [5.41, 5.74) is 1.42. The smallest absolute Gasteiger partial charge is 0.255 e. The molecule has 28 heavy (non-hydrogen) atoms. The molecule has 1 aromatic heterocycles. The predicted octanol–water partition coefficient (Wildman–Crippen LogP) is 3.66. The number of amides is 1. The first-order chi connectivity index (χ1) is 13.2. The average molecular weight is 442 g/mol. The van der Waals surface area contributed by atoms with Gasteiger partial charge in [-0.25, -0.2) is 13.4 Å². The van der Waals surface area contributed by atoms with Crippen LogP contribution in [-0.4, -0.2) is 54.7 Å². The number of hydrogen-bond acceptors (Lipinski definition) is 4. The third-order valence-electron chi connectivity index (χ3n) is 4.75. The van der Waals surface area contributed by atoms with E-state index in [-0.39, 0.29) is 34.1 Å². The maximum Gasteiger partial charge on any atom is 0.255 e. The standard InChI is InChI=1S/C19H21Cl2N3O3S/c1-13(2)14-3-5-16(6-4-14)28(26,27)24-9-7-23(8-10-24)19(25)15-11-17(20)18(21)22-12-15/h3-6,11-13H,7-10H2,1-2H3. The fraction of sp³-hybridized carbons (Fsp3) is 0.368. The number of sulfonamides is 1. The zero-order valence-electron chi connectivity index (χ0n) is 15.6. The lowest BCUT2D eigenvalue weighted by Gasteiger charge is -2.34. The lowest BCUT2D eigenvalue weighted by atomic mass is 10.0. The molecule has 1 fully saturated rings. The van der Waals surface area contributed by atoms with Crippen molar-refractivity contribution in [2.45, 2.75) is 24.7 Å². The van der Waals surface area contributed by atoms with E-state index in [1.807, 2.05) is 12.1 Å². The fourth-order valence-corrected chi connectivity index (χ4v) is 4.72. The Kier molecular flexibility index (Phi) is 6.29. The van der Waals surface area contributed by atoms with Gasteiger partial charge in [-0.2, -0.15) is 4.31 Å². The zero-order valence-corrected chi connectivity index (χ0v) is 17.9. The van der Waals surface area contributed by atoms with E-state index < -0.39 is 10.0 Å². The summed E-state index contributed by atoms with van der Waals surface area (Å²) < 4.78 is 27.2. The van der Waals surface area contributed by atoms with Gasteiger partial charge in [-0.05, 0) is 29.7 Å². The molecule has 150 valence electrons. The fourth-order valence-electron chi connectivity index (χ4n) is 3.03.